The van der Waals surface area contributed by atoms with Gasteiger partial charge in [0, 0.05) is 10.4 Å². The van der Waals surface area contributed by atoms with E-state index in [4.69, 9.17) is 11.6 Å². The molecule has 1 amide bonds. The van der Waals surface area contributed by atoms with Crippen molar-refractivity contribution in [3.05, 3.63) is 34.3 Å². The zero-order valence-electron chi connectivity index (χ0n) is 10.9. The van der Waals surface area contributed by atoms with Gasteiger partial charge in [-0.1, -0.05) is 47.3 Å². The van der Waals surface area contributed by atoms with Crippen molar-refractivity contribution in [1.82, 2.24) is 5.32 Å². The predicted octanol–water partition coefficient (Wildman–Crippen LogP) is 4.05. The van der Waals surface area contributed by atoms with E-state index in [1.165, 1.54) is 6.42 Å². The molecule has 1 aliphatic rings. The first-order valence-corrected chi connectivity index (χ1v) is 8.08. The van der Waals surface area contributed by atoms with Crippen LogP contribution in [0.2, 0.25) is 0 Å². The van der Waals surface area contributed by atoms with Gasteiger partial charge < -0.3 is 5.32 Å². The Morgan fingerprint density at radius 1 is 1.21 bits per heavy atom. The van der Waals surface area contributed by atoms with Gasteiger partial charge in [0.2, 0.25) is 5.91 Å². The van der Waals surface area contributed by atoms with E-state index in [0.29, 0.717) is 12.3 Å². The van der Waals surface area contributed by atoms with Gasteiger partial charge in [0.05, 0.1) is 12.0 Å². The molecule has 1 saturated carbocycles. The minimum atomic E-state index is -0.174. The Kier molecular flexibility index (Phi) is 5.28. The van der Waals surface area contributed by atoms with Gasteiger partial charge >= 0.3 is 0 Å². The zero-order valence-corrected chi connectivity index (χ0v) is 13.3. The number of carbonyl (C=O) groups is 1. The van der Waals surface area contributed by atoms with Gasteiger partial charge in [0.15, 0.2) is 0 Å². The van der Waals surface area contributed by atoms with Crippen molar-refractivity contribution in [3.63, 3.8) is 0 Å². The maximum atomic E-state index is 12.1. The van der Waals surface area contributed by atoms with Crippen molar-refractivity contribution in [2.24, 2.45) is 0 Å². The van der Waals surface area contributed by atoms with Crippen LogP contribution in [0.15, 0.2) is 28.7 Å². The second kappa shape index (κ2) is 6.76. The highest BCUT2D eigenvalue weighted by molar-refractivity contribution is 9.10. The molecule has 0 unspecified atom stereocenters. The van der Waals surface area contributed by atoms with Crippen molar-refractivity contribution in [2.75, 3.05) is 5.88 Å². The normalized spacial score (nSPS) is 18.0. The third-order valence-electron chi connectivity index (χ3n) is 3.75. The summed E-state index contributed by atoms with van der Waals surface area (Å²) in [5.41, 5.74) is 0.855. The van der Waals surface area contributed by atoms with Crippen LogP contribution in [0, 0.1) is 0 Å². The largest absolute Gasteiger partial charge is 0.349 e. The number of hydrogen-bond donors (Lipinski definition) is 1. The monoisotopic (exact) mass is 343 g/mol. The van der Waals surface area contributed by atoms with E-state index in [-0.39, 0.29) is 11.4 Å². The number of nitrogens with one attached hydrogen (secondary N) is 1. The first-order chi connectivity index (χ1) is 9.13. The SMILES string of the molecule is O=C(Cc1ccc(Br)cc1)NC1(CCl)CCCCC1. The van der Waals surface area contributed by atoms with Crippen LogP contribution < -0.4 is 5.32 Å². The number of hydrogen-bond acceptors (Lipinski definition) is 1. The second-order valence-electron chi connectivity index (χ2n) is 5.33. The van der Waals surface area contributed by atoms with Crippen molar-refractivity contribution >= 4 is 33.4 Å². The van der Waals surface area contributed by atoms with Crippen LogP contribution in [-0.2, 0) is 11.2 Å². The summed E-state index contributed by atoms with van der Waals surface area (Å²) >= 11 is 9.48. The van der Waals surface area contributed by atoms with Gasteiger partial charge in [0.1, 0.15) is 0 Å². The van der Waals surface area contributed by atoms with E-state index >= 15 is 0 Å². The fourth-order valence-electron chi connectivity index (χ4n) is 2.65. The fraction of sp³-hybridized carbons (Fsp3) is 0.533. The summed E-state index contributed by atoms with van der Waals surface area (Å²) in [7, 11) is 0. The molecule has 2 nitrogen and oxygen atoms in total. The third-order valence-corrected chi connectivity index (χ3v) is 4.79. The molecule has 0 aliphatic heterocycles. The summed E-state index contributed by atoms with van der Waals surface area (Å²) in [6, 6.07) is 7.86. The van der Waals surface area contributed by atoms with Crippen LogP contribution in [0.1, 0.15) is 37.7 Å². The molecule has 0 spiro atoms. The molecule has 1 fully saturated rings. The van der Waals surface area contributed by atoms with E-state index in [2.05, 4.69) is 21.2 Å². The molecule has 19 heavy (non-hydrogen) atoms. The van der Waals surface area contributed by atoms with Gasteiger partial charge in [-0.15, -0.1) is 11.6 Å². The highest BCUT2D eigenvalue weighted by Crippen LogP contribution is 2.29. The average molecular weight is 345 g/mol. The van der Waals surface area contributed by atoms with E-state index in [1.54, 1.807) is 0 Å². The van der Waals surface area contributed by atoms with Crippen LogP contribution in [0.5, 0.6) is 0 Å². The first-order valence-electron chi connectivity index (χ1n) is 6.75. The summed E-state index contributed by atoms with van der Waals surface area (Å²) in [5.74, 6) is 0.587. The molecule has 0 bridgehead atoms. The average Bonchev–Trinajstić information content (AvgIpc) is 2.42. The van der Waals surface area contributed by atoms with Gasteiger partial charge in [0.25, 0.3) is 0 Å². The van der Waals surface area contributed by atoms with Crippen molar-refractivity contribution in [3.8, 4) is 0 Å². The standard InChI is InChI=1S/C15H19BrClNO/c16-13-6-4-12(5-7-13)10-14(19)18-15(11-17)8-2-1-3-9-15/h4-7H,1-3,8-11H2,(H,18,19). The fourth-order valence-corrected chi connectivity index (χ4v) is 3.25. The van der Waals surface area contributed by atoms with Crippen molar-refractivity contribution in [1.29, 1.82) is 0 Å². The minimum absolute atomic E-state index is 0.0740. The first kappa shape index (κ1) is 14.9. The molecule has 1 aliphatic carbocycles. The van der Waals surface area contributed by atoms with Crippen LogP contribution in [0.25, 0.3) is 0 Å². The highest BCUT2D eigenvalue weighted by Gasteiger charge is 2.32. The summed E-state index contributed by atoms with van der Waals surface area (Å²) in [4.78, 5) is 12.1. The molecule has 0 saturated heterocycles. The minimum Gasteiger partial charge on any atom is -0.349 e. The third kappa shape index (κ3) is 4.22. The maximum absolute atomic E-state index is 12.1. The number of carbonyl (C=O) groups excluding carboxylic acids is 1. The Bertz CT molecular complexity index is 426. The molecule has 2 rings (SSSR count). The Labute approximate surface area is 128 Å². The van der Waals surface area contributed by atoms with Crippen molar-refractivity contribution < 1.29 is 4.79 Å². The van der Waals surface area contributed by atoms with E-state index in [9.17, 15) is 4.79 Å². The molecule has 1 aromatic rings. The molecule has 0 atom stereocenters. The van der Waals surface area contributed by atoms with Crippen LogP contribution in [0.4, 0.5) is 0 Å². The molecule has 1 N–H and O–H groups in total. The van der Waals surface area contributed by atoms with Gasteiger partial charge in [-0.2, -0.15) is 0 Å². The number of alkyl halides is 1. The molecule has 4 heteroatoms. The summed E-state index contributed by atoms with van der Waals surface area (Å²) in [5, 5.41) is 3.16. The van der Waals surface area contributed by atoms with E-state index < -0.39 is 0 Å². The Morgan fingerprint density at radius 3 is 2.42 bits per heavy atom. The lowest BCUT2D eigenvalue weighted by Crippen LogP contribution is -2.51. The second-order valence-corrected chi connectivity index (χ2v) is 6.51. The quantitative estimate of drug-likeness (QED) is 0.820. The maximum Gasteiger partial charge on any atom is 0.224 e. The van der Waals surface area contributed by atoms with Gasteiger partial charge in [-0.05, 0) is 30.5 Å². The van der Waals surface area contributed by atoms with Crippen LogP contribution >= 0.6 is 27.5 Å². The molecule has 0 aromatic heterocycles. The number of benzene rings is 1. The number of halogens is 2. The highest BCUT2D eigenvalue weighted by atomic mass is 79.9. The molecule has 104 valence electrons. The zero-order chi connectivity index (χ0) is 13.7. The predicted molar refractivity (Wildman–Crippen MR) is 82.5 cm³/mol. The summed E-state index contributed by atoms with van der Waals surface area (Å²) in [6.07, 6.45) is 5.99. The lowest BCUT2D eigenvalue weighted by atomic mass is 9.83. The lowest BCUT2D eigenvalue weighted by Gasteiger charge is -2.36. The van der Waals surface area contributed by atoms with E-state index in [0.717, 1.165) is 35.7 Å². The Balaban J connectivity index is 1.94. The molecular weight excluding hydrogens is 326 g/mol. The topological polar surface area (TPSA) is 29.1 Å². The van der Waals surface area contributed by atoms with Crippen LogP contribution in [0.3, 0.4) is 0 Å². The smallest absolute Gasteiger partial charge is 0.224 e. The summed E-state index contributed by atoms with van der Waals surface area (Å²) in [6.45, 7) is 0. The molecular formula is C15H19BrClNO. The lowest BCUT2D eigenvalue weighted by molar-refractivity contribution is -0.122. The van der Waals surface area contributed by atoms with Gasteiger partial charge in [-0.3, -0.25) is 4.79 Å². The molecule has 0 heterocycles. The Morgan fingerprint density at radius 2 is 1.84 bits per heavy atom. The summed E-state index contributed by atoms with van der Waals surface area (Å²) < 4.78 is 1.03. The number of amides is 1. The van der Waals surface area contributed by atoms with Gasteiger partial charge in [-0.25, -0.2) is 0 Å². The van der Waals surface area contributed by atoms with Crippen molar-refractivity contribution in [2.45, 2.75) is 44.1 Å². The number of rotatable bonds is 4. The van der Waals surface area contributed by atoms with Crippen LogP contribution in [-0.4, -0.2) is 17.3 Å². The molecule has 0 radical (unpaired) electrons. The molecule has 1 aromatic carbocycles. The Hall–Kier alpha value is -0.540. The van der Waals surface area contributed by atoms with E-state index in [1.807, 2.05) is 24.3 Å².